The van der Waals surface area contributed by atoms with E-state index in [0.29, 0.717) is 6.42 Å². The lowest BCUT2D eigenvalue weighted by atomic mass is 10.2. The van der Waals surface area contributed by atoms with Gasteiger partial charge in [-0.2, -0.15) is 0 Å². The highest BCUT2D eigenvalue weighted by atomic mass is 16.1. The van der Waals surface area contributed by atoms with E-state index in [0.717, 1.165) is 45.0 Å². The summed E-state index contributed by atoms with van der Waals surface area (Å²) in [6.07, 6.45) is 2.92. The maximum absolute atomic E-state index is 12.1. The molecule has 1 aliphatic heterocycles. The molecule has 0 spiro atoms. The number of nitrogens with zero attached hydrogens (tertiary/aromatic N) is 3. The fraction of sp³-hybridized carbons (Fsp3) is 0.632. The minimum Gasteiger partial charge on any atom is -0.369 e. The van der Waals surface area contributed by atoms with E-state index in [1.54, 1.807) is 0 Å². The zero-order chi connectivity index (χ0) is 17.4. The Labute approximate surface area is 146 Å². The zero-order valence-electron chi connectivity index (χ0n) is 15.4. The molecule has 0 atom stereocenters. The molecule has 0 bridgehead atoms. The number of nitrogens with one attached hydrogen (secondary N) is 1. The van der Waals surface area contributed by atoms with Crippen molar-refractivity contribution in [1.29, 1.82) is 0 Å². The van der Waals surface area contributed by atoms with Crippen LogP contribution >= 0.6 is 0 Å². The molecule has 0 radical (unpaired) electrons. The summed E-state index contributed by atoms with van der Waals surface area (Å²) < 4.78 is 0. The Balaban J connectivity index is 1.75. The largest absolute Gasteiger partial charge is 0.369 e. The van der Waals surface area contributed by atoms with Gasteiger partial charge in [-0.3, -0.25) is 4.79 Å². The lowest BCUT2D eigenvalue weighted by Crippen LogP contribution is -2.44. The Bertz CT molecular complexity index is 495. The van der Waals surface area contributed by atoms with E-state index in [1.807, 2.05) is 12.1 Å². The first-order valence-electron chi connectivity index (χ1n) is 9.10. The number of hydrogen-bond acceptors (Lipinski definition) is 4. The maximum Gasteiger partial charge on any atom is 0.225 e. The number of amides is 1. The molecule has 1 N–H and O–H groups in total. The zero-order valence-corrected chi connectivity index (χ0v) is 15.4. The van der Waals surface area contributed by atoms with Gasteiger partial charge in [0.15, 0.2) is 0 Å². The normalized spacial score (nSPS) is 15.8. The van der Waals surface area contributed by atoms with E-state index in [4.69, 9.17) is 0 Å². The minimum atomic E-state index is 0.0886. The van der Waals surface area contributed by atoms with Crippen LogP contribution in [-0.4, -0.2) is 69.1 Å². The van der Waals surface area contributed by atoms with Crippen LogP contribution in [0.2, 0.25) is 0 Å². The highest BCUT2D eigenvalue weighted by Crippen LogP contribution is 2.19. The topological polar surface area (TPSA) is 38.8 Å². The van der Waals surface area contributed by atoms with Gasteiger partial charge in [0, 0.05) is 50.5 Å². The molecule has 0 aliphatic carbocycles. The van der Waals surface area contributed by atoms with Crippen molar-refractivity contribution in [3.8, 4) is 0 Å². The van der Waals surface area contributed by atoms with Gasteiger partial charge in [0.1, 0.15) is 0 Å². The number of carbonyl (C=O) groups excluding carboxylic acids is 1. The molecule has 1 saturated heterocycles. The van der Waals surface area contributed by atoms with Gasteiger partial charge in [-0.05, 0) is 51.3 Å². The summed E-state index contributed by atoms with van der Waals surface area (Å²) in [5, 5.41) is 3.00. The first kappa shape index (κ1) is 18.7. The molecule has 1 amide bonds. The Hall–Kier alpha value is -1.59. The second-order valence-corrected chi connectivity index (χ2v) is 6.79. The fourth-order valence-electron chi connectivity index (χ4n) is 2.88. The van der Waals surface area contributed by atoms with Crippen LogP contribution in [0.1, 0.15) is 26.2 Å². The van der Waals surface area contributed by atoms with Crippen LogP contribution in [0.25, 0.3) is 0 Å². The number of carbonyl (C=O) groups is 1. The highest BCUT2D eigenvalue weighted by molar-refractivity contribution is 5.91. The number of rotatable bonds is 8. The van der Waals surface area contributed by atoms with E-state index in [1.165, 1.54) is 18.5 Å². The van der Waals surface area contributed by atoms with Crippen LogP contribution < -0.4 is 10.2 Å². The molecule has 0 saturated carbocycles. The molecule has 2 rings (SSSR count). The van der Waals surface area contributed by atoms with Gasteiger partial charge in [-0.25, -0.2) is 0 Å². The van der Waals surface area contributed by atoms with Gasteiger partial charge in [-0.15, -0.1) is 0 Å². The van der Waals surface area contributed by atoms with Gasteiger partial charge in [-0.1, -0.05) is 13.3 Å². The quantitative estimate of drug-likeness (QED) is 0.794. The summed E-state index contributed by atoms with van der Waals surface area (Å²) in [5.41, 5.74) is 2.12. The van der Waals surface area contributed by atoms with E-state index in [2.05, 4.69) is 53.2 Å². The van der Waals surface area contributed by atoms with Crippen LogP contribution in [-0.2, 0) is 4.79 Å². The lowest BCUT2D eigenvalue weighted by Gasteiger charge is -2.34. The summed E-state index contributed by atoms with van der Waals surface area (Å²) in [6, 6.07) is 8.22. The van der Waals surface area contributed by atoms with Crippen LogP contribution in [0.5, 0.6) is 0 Å². The molecule has 1 fully saturated rings. The molecule has 134 valence electrons. The van der Waals surface area contributed by atoms with Crippen molar-refractivity contribution in [1.82, 2.24) is 9.80 Å². The second kappa shape index (κ2) is 9.64. The van der Waals surface area contributed by atoms with E-state index in [9.17, 15) is 4.79 Å². The molecular formula is C19H32N4O. The first-order valence-corrected chi connectivity index (χ1v) is 9.10. The molecule has 1 aliphatic rings. The Morgan fingerprint density at radius 1 is 1.12 bits per heavy atom. The monoisotopic (exact) mass is 332 g/mol. The predicted molar refractivity (Wildman–Crippen MR) is 102 cm³/mol. The maximum atomic E-state index is 12.1. The number of unbranched alkanes of at least 4 members (excludes halogenated alkanes) is 1. The molecule has 1 aromatic rings. The van der Waals surface area contributed by atoms with Crippen molar-refractivity contribution in [2.75, 3.05) is 63.6 Å². The predicted octanol–water partition coefficient (Wildman–Crippen LogP) is 2.50. The molecule has 24 heavy (non-hydrogen) atoms. The van der Waals surface area contributed by atoms with Crippen molar-refractivity contribution in [3.05, 3.63) is 24.3 Å². The summed E-state index contributed by atoms with van der Waals surface area (Å²) in [4.78, 5) is 19.0. The number of likely N-dealkylation sites (N-methyl/N-ethyl adjacent to an activating group) is 1. The van der Waals surface area contributed by atoms with E-state index >= 15 is 0 Å². The third-order valence-corrected chi connectivity index (χ3v) is 4.63. The van der Waals surface area contributed by atoms with Crippen molar-refractivity contribution in [2.45, 2.75) is 26.2 Å². The Kier molecular flexibility index (Phi) is 7.53. The fourth-order valence-corrected chi connectivity index (χ4v) is 2.88. The first-order chi connectivity index (χ1) is 11.6. The Morgan fingerprint density at radius 3 is 2.42 bits per heavy atom. The summed E-state index contributed by atoms with van der Waals surface area (Å²) in [6.45, 7) is 8.38. The Morgan fingerprint density at radius 2 is 1.79 bits per heavy atom. The van der Waals surface area contributed by atoms with Crippen molar-refractivity contribution in [2.24, 2.45) is 0 Å². The van der Waals surface area contributed by atoms with E-state index < -0.39 is 0 Å². The second-order valence-electron chi connectivity index (χ2n) is 6.79. The van der Waals surface area contributed by atoms with Crippen LogP contribution in [0.4, 0.5) is 11.4 Å². The molecule has 0 aromatic heterocycles. The number of piperazine rings is 1. The lowest BCUT2D eigenvalue weighted by molar-refractivity contribution is -0.116. The van der Waals surface area contributed by atoms with E-state index in [-0.39, 0.29) is 5.91 Å². The molecular weight excluding hydrogens is 300 g/mol. The average Bonchev–Trinajstić information content (AvgIpc) is 2.59. The third-order valence-electron chi connectivity index (χ3n) is 4.63. The van der Waals surface area contributed by atoms with Gasteiger partial charge in [0.25, 0.3) is 0 Å². The number of benzene rings is 1. The van der Waals surface area contributed by atoms with Crippen molar-refractivity contribution < 1.29 is 4.79 Å². The smallest absolute Gasteiger partial charge is 0.225 e. The summed E-state index contributed by atoms with van der Waals surface area (Å²) in [5.74, 6) is 0.0886. The molecule has 1 heterocycles. The molecule has 5 heteroatoms. The van der Waals surface area contributed by atoms with Crippen molar-refractivity contribution >= 4 is 17.3 Å². The van der Waals surface area contributed by atoms with Crippen LogP contribution in [0, 0.1) is 0 Å². The number of hydrogen-bond donors (Lipinski definition) is 1. The molecule has 5 nitrogen and oxygen atoms in total. The number of anilines is 2. The van der Waals surface area contributed by atoms with Crippen LogP contribution in [0.15, 0.2) is 24.3 Å². The highest BCUT2D eigenvalue weighted by Gasteiger charge is 2.14. The average molecular weight is 332 g/mol. The van der Waals surface area contributed by atoms with Crippen LogP contribution in [0.3, 0.4) is 0 Å². The van der Waals surface area contributed by atoms with Gasteiger partial charge < -0.3 is 20.0 Å². The standard InChI is InChI=1S/C19H32N4O/c1-4-5-11-21(2)12-10-19(24)20-17-6-8-18(9-7-17)23-15-13-22(3)14-16-23/h6-9H,4-5,10-16H2,1-3H3,(H,20,24). The minimum absolute atomic E-state index is 0.0886. The van der Waals surface area contributed by atoms with Gasteiger partial charge >= 0.3 is 0 Å². The van der Waals surface area contributed by atoms with Gasteiger partial charge in [0.2, 0.25) is 5.91 Å². The van der Waals surface area contributed by atoms with Gasteiger partial charge in [0.05, 0.1) is 0 Å². The van der Waals surface area contributed by atoms with Crippen molar-refractivity contribution in [3.63, 3.8) is 0 Å². The summed E-state index contributed by atoms with van der Waals surface area (Å²) >= 11 is 0. The SMILES string of the molecule is CCCCN(C)CCC(=O)Nc1ccc(N2CCN(C)CC2)cc1. The molecule has 1 aromatic carbocycles. The molecule has 0 unspecified atom stereocenters. The third kappa shape index (κ3) is 6.13. The summed E-state index contributed by atoms with van der Waals surface area (Å²) in [7, 11) is 4.24.